The van der Waals surface area contributed by atoms with Gasteiger partial charge >= 0.3 is 0 Å². The Balaban J connectivity index is 1.45. The van der Waals surface area contributed by atoms with Gasteiger partial charge in [0, 0.05) is 62.2 Å². The maximum absolute atomic E-state index is 10.3. The van der Waals surface area contributed by atoms with Crippen molar-refractivity contribution in [2.45, 2.75) is 19.2 Å². The van der Waals surface area contributed by atoms with Crippen molar-refractivity contribution >= 4 is 11.8 Å². The van der Waals surface area contributed by atoms with Gasteiger partial charge in [0.2, 0.25) is 0 Å². The lowest BCUT2D eigenvalue weighted by Gasteiger charge is -2.28. The molecule has 5 nitrogen and oxygen atoms in total. The summed E-state index contributed by atoms with van der Waals surface area (Å²) in [5.74, 6) is 3.14. The van der Waals surface area contributed by atoms with E-state index in [2.05, 4.69) is 27.3 Å². The molecule has 26 heavy (non-hydrogen) atoms. The second-order valence-electron chi connectivity index (χ2n) is 6.45. The number of hydrogen-bond acceptors (Lipinski definition) is 6. The monoisotopic (exact) mass is 373 g/mol. The third-order valence-electron chi connectivity index (χ3n) is 4.34. The number of hydrogen-bond donors (Lipinski definition) is 2. The first-order valence-corrected chi connectivity index (χ1v) is 10.3. The zero-order valence-electron chi connectivity index (χ0n) is 15.0. The SMILES string of the molecule is O[C@H](COc1ccccc1CNCc1cccnc1)CN1CCSCC1. The minimum absolute atomic E-state index is 0.323. The van der Waals surface area contributed by atoms with Crippen LogP contribution in [0, 0.1) is 0 Å². The molecule has 0 unspecified atom stereocenters. The zero-order valence-corrected chi connectivity index (χ0v) is 15.8. The average molecular weight is 374 g/mol. The van der Waals surface area contributed by atoms with Gasteiger partial charge in [-0.1, -0.05) is 24.3 Å². The summed E-state index contributed by atoms with van der Waals surface area (Å²) in [5, 5.41) is 13.7. The highest BCUT2D eigenvalue weighted by molar-refractivity contribution is 7.99. The number of ether oxygens (including phenoxy) is 1. The summed E-state index contributed by atoms with van der Waals surface area (Å²) in [6.07, 6.45) is 3.18. The Morgan fingerprint density at radius 3 is 2.81 bits per heavy atom. The van der Waals surface area contributed by atoms with Crippen molar-refractivity contribution in [1.29, 1.82) is 0 Å². The highest BCUT2D eigenvalue weighted by Crippen LogP contribution is 2.18. The van der Waals surface area contributed by atoms with Crippen LogP contribution in [0.5, 0.6) is 5.75 Å². The summed E-state index contributed by atoms with van der Waals surface area (Å²) in [4.78, 5) is 6.44. The summed E-state index contributed by atoms with van der Waals surface area (Å²) in [7, 11) is 0. The van der Waals surface area contributed by atoms with Gasteiger partial charge in [-0.25, -0.2) is 0 Å². The molecule has 1 saturated heterocycles. The number of rotatable bonds is 9. The zero-order chi connectivity index (χ0) is 18.0. The van der Waals surface area contributed by atoms with Gasteiger partial charge in [-0.3, -0.25) is 9.88 Å². The molecule has 1 aromatic carbocycles. The van der Waals surface area contributed by atoms with Gasteiger partial charge in [0.25, 0.3) is 0 Å². The summed E-state index contributed by atoms with van der Waals surface area (Å²) >= 11 is 1.98. The largest absolute Gasteiger partial charge is 0.491 e. The summed E-state index contributed by atoms with van der Waals surface area (Å²) in [6, 6.07) is 12.0. The smallest absolute Gasteiger partial charge is 0.123 e. The Labute approximate surface area is 159 Å². The maximum Gasteiger partial charge on any atom is 0.123 e. The van der Waals surface area contributed by atoms with Crippen molar-refractivity contribution < 1.29 is 9.84 Å². The topological polar surface area (TPSA) is 57.6 Å². The van der Waals surface area contributed by atoms with E-state index in [0.29, 0.717) is 19.7 Å². The molecular weight excluding hydrogens is 346 g/mol. The standard InChI is InChI=1S/C20H27N3O2S/c24-19(15-23-8-10-26-11-9-23)16-25-20-6-2-1-5-18(20)14-22-13-17-4-3-7-21-12-17/h1-7,12,19,22,24H,8-11,13-16H2/t19-/m0/s1. The molecule has 0 amide bonds. The van der Waals surface area contributed by atoms with E-state index in [4.69, 9.17) is 4.74 Å². The van der Waals surface area contributed by atoms with Gasteiger partial charge in [0.1, 0.15) is 18.5 Å². The Morgan fingerprint density at radius 1 is 1.15 bits per heavy atom. The van der Waals surface area contributed by atoms with Crippen LogP contribution in [0.2, 0.25) is 0 Å². The highest BCUT2D eigenvalue weighted by Gasteiger charge is 2.15. The molecule has 0 bridgehead atoms. The molecule has 0 saturated carbocycles. The predicted octanol–water partition coefficient (Wildman–Crippen LogP) is 2.16. The number of pyridine rings is 1. The quantitative estimate of drug-likeness (QED) is 0.703. The van der Waals surface area contributed by atoms with E-state index in [9.17, 15) is 5.11 Å². The molecule has 140 valence electrons. The van der Waals surface area contributed by atoms with Gasteiger partial charge in [0.05, 0.1) is 0 Å². The van der Waals surface area contributed by atoms with Crippen LogP contribution in [0.4, 0.5) is 0 Å². The normalized spacial score (nSPS) is 16.3. The lowest BCUT2D eigenvalue weighted by atomic mass is 10.2. The number of aliphatic hydroxyl groups excluding tert-OH is 1. The number of β-amino-alcohol motifs (C(OH)–C–C–N with tert-alkyl or cyclic N) is 1. The fourth-order valence-electron chi connectivity index (χ4n) is 2.96. The Morgan fingerprint density at radius 2 is 2.00 bits per heavy atom. The van der Waals surface area contributed by atoms with E-state index in [1.54, 1.807) is 6.20 Å². The highest BCUT2D eigenvalue weighted by atomic mass is 32.2. The van der Waals surface area contributed by atoms with Crippen LogP contribution in [0.1, 0.15) is 11.1 Å². The minimum atomic E-state index is -0.463. The lowest BCUT2D eigenvalue weighted by Crippen LogP contribution is -2.40. The fourth-order valence-corrected chi connectivity index (χ4v) is 3.93. The van der Waals surface area contributed by atoms with E-state index in [1.807, 2.05) is 42.2 Å². The van der Waals surface area contributed by atoms with Gasteiger partial charge in [-0.15, -0.1) is 0 Å². The molecule has 0 radical (unpaired) electrons. The van der Waals surface area contributed by atoms with E-state index in [-0.39, 0.29) is 0 Å². The Bertz CT molecular complexity index is 651. The molecule has 2 aromatic rings. The second kappa shape index (κ2) is 10.5. The second-order valence-corrected chi connectivity index (χ2v) is 7.68. The molecule has 6 heteroatoms. The number of benzene rings is 1. The van der Waals surface area contributed by atoms with Gasteiger partial charge < -0.3 is 15.2 Å². The molecule has 1 aliphatic heterocycles. The first-order valence-electron chi connectivity index (χ1n) is 9.10. The van der Waals surface area contributed by atoms with Crippen LogP contribution in [-0.2, 0) is 13.1 Å². The number of aliphatic hydroxyl groups is 1. The lowest BCUT2D eigenvalue weighted by molar-refractivity contribution is 0.0711. The molecule has 1 aliphatic rings. The maximum atomic E-state index is 10.3. The van der Waals surface area contributed by atoms with Crippen molar-refractivity contribution in [2.75, 3.05) is 37.7 Å². The van der Waals surface area contributed by atoms with Crippen molar-refractivity contribution in [2.24, 2.45) is 0 Å². The number of para-hydroxylation sites is 1. The molecule has 1 fully saturated rings. The molecule has 0 aliphatic carbocycles. The predicted molar refractivity (Wildman–Crippen MR) is 106 cm³/mol. The molecule has 2 heterocycles. The van der Waals surface area contributed by atoms with Crippen LogP contribution >= 0.6 is 11.8 Å². The molecule has 0 spiro atoms. The molecular formula is C20H27N3O2S. The molecule has 2 N–H and O–H groups in total. The molecule has 1 aromatic heterocycles. The Kier molecular flexibility index (Phi) is 7.76. The average Bonchev–Trinajstić information content (AvgIpc) is 2.69. The van der Waals surface area contributed by atoms with Crippen molar-refractivity contribution in [3.05, 3.63) is 59.9 Å². The number of nitrogens with zero attached hydrogens (tertiary/aromatic N) is 2. The fraction of sp³-hybridized carbons (Fsp3) is 0.450. The van der Waals surface area contributed by atoms with E-state index in [1.165, 1.54) is 0 Å². The van der Waals surface area contributed by atoms with E-state index < -0.39 is 6.10 Å². The van der Waals surface area contributed by atoms with Gasteiger partial charge in [-0.05, 0) is 17.7 Å². The van der Waals surface area contributed by atoms with Crippen LogP contribution in [0.15, 0.2) is 48.8 Å². The van der Waals surface area contributed by atoms with Gasteiger partial charge in [0.15, 0.2) is 0 Å². The van der Waals surface area contributed by atoms with Crippen LogP contribution < -0.4 is 10.1 Å². The van der Waals surface area contributed by atoms with Crippen LogP contribution in [-0.4, -0.2) is 58.8 Å². The van der Waals surface area contributed by atoms with Gasteiger partial charge in [-0.2, -0.15) is 11.8 Å². The third kappa shape index (κ3) is 6.29. The van der Waals surface area contributed by atoms with Crippen molar-refractivity contribution in [3.63, 3.8) is 0 Å². The summed E-state index contributed by atoms with van der Waals surface area (Å²) in [6.45, 7) is 4.58. The van der Waals surface area contributed by atoms with Crippen molar-refractivity contribution in [1.82, 2.24) is 15.2 Å². The minimum Gasteiger partial charge on any atom is -0.491 e. The van der Waals surface area contributed by atoms with Crippen LogP contribution in [0.3, 0.4) is 0 Å². The molecule has 3 rings (SSSR count). The number of nitrogens with one attached hydrogen (secondary N) is 1. The summed E-state index contributed by atoms with van der Waals surface area (Å²) in [5.41, 5.74) is 2.25. The molecule has 1 atom stereocenters. The number of thioether (sulfide) groups is 1. The first kappa shape index (κ1) is 19.2. The third-order valence-corrected chi connectivity index (χ3v) is 5.29. The van der Waals surface area contributed by atoms with E-state index in [0.717, 1.165) is 48.0 Å². The Hall–Kier alpha value is -1.60. The summed E-state index contributed by atoms with van der Waals surface area (Å²) < 4.78 is 5.91. The van der Waals surface area contributed by atoms with E-state index >= 15 is 0 Å². The first-order chi connectivity index (χ1) is 12.8. The number of aromatic nitrogens is 1. The van der Waals surface area contributed by atoms with Crippen molar-refractivity contribution in [3.8, 4) is 5.75 Å². The van der Waals surface area contributed by atoms with Crippen LogP contribution in [0.25, 0.3) is 0 Å².